The Kier molecular flexibility index (Phi) is 8.92. The summed E-state index contributed by atoms with van der Waals surface area (Å²) in [7, 11) is 0. The van der Waals surface area contributed by atoms with E-state index in [0.29, 0.717) is 0 Å². The molecule has 2 aromatic heterocycles. The Bertz CT molecular complexity index is 4310. The number of anilines is 3. The van der Waals surface area contributed by atoms with Crippen molar-refractivity contribution < 1.29 is 8.83 Å². The standard InChI is InChI=1S/C70H47NO2/c1-69(2)58-30-16-12-27-51(58)53-38-35-49(42-60(53)69)71(62-32-18-14-26-50(62)44-20-6-3-7-21-44)48-36-39-64-56(41-48)57-43-65-67(55-29-15-19-33-63(55)72-65)66(68(57)73-64)45-34-37-54-52-28-13-17-31-59(52)70(61(54)40-45,46-22-8-4-9-23-46)47-24-10-5-11-25-47/h3-43H,1-2H3. The number of benzene rings is 11. The van der Waals surface area contributed by atoms with Crippen molar-refractivity contribution in [2.45, 2.75) is 24.7 Å². The fraction of sp³-hybridized carbons (Fsp3) is 0.0571. The summed E-state index contributed by atoms with van der Waals surface area (Å²) in [6.07, 6.45) is 0. The van der Waals surface area contributed by atoms with Gasteiger partial charge in [0.25, 0.3) is 0 Å². The molecule has 2 heterocycles. The van der Waals surface area contributed by atoms with Crippen molar-refractivity contribution in [2.24, 2.45) is 0 Å². The van der Waals surface area contributed by atoms with E-state index >= 15 is 0 Å². The van der Waals surface area contributed by atoms with Crippen molar-refractivity contribution in [2.75, 3.05) is 4.90 Å². The molecule has 0 N–H and O–H groups in total. The van der Waals surface area contributed by atoms with Crippen molar-refractivity contribution in [1.29, 1.82) is 0 Å². The van der Waals surface area contributed by atoms with Crippen molar-refractivity contribution in [3.8, 4) is 44.5 Å². The summed E-state index contributed by atoms with van der Waals surface area (Å²) in [6.45, 7) is 4.71. The van der Waals surface area contributed by atoms with Gasteiger partial charge in [-0.25, -0.2) is 0 Å². The molecule has 73 heavy (non-hydrogen) atoms. The molecule has 11 aromatic carbocycles. The lowest BCUT2D eigenvalue weighted by molar-refractivity contribution is 0.660. The Labute approximate surface area is 423 Å². The zero-order chi connectivity index (χ0) is 48.4. The minimum Gasteiger partial charge on any atom is -0.456 e. The highest BCUT2D eigenvalue weighted by atomic mass is 16.3. The van der Waals surface area contributed by atoms with Gasteiger partial charge in [0.2, 0.25) is 0 Å². The molecule has 344 valence electrons. The SMILES string of the molecule is CC1(C)c2ccccc2-c2ccc(N(c3ccc4oc5c(-c6ccc7c(c6)C(c6ccccc6)(c6ccccc6)c6ccccc6-7)c6c(cc5c4c3)oc3ccccc36)c3ccccc3-c3ccccc3)cc21. The van der Waals surface area contributed by atoms with Gasteiger partial charge in [-0.3, -0.25) is 0 Å². The number of nitrogens with zero attached hydrogens (tertiary/aromatic N) is 1. The van der Waals surface area contributed by atoms with E-state index in [1.165, 1.54) is 55.6 Å². The van der Waals surface area contributed by atoms with E-state index in [1.54, 1.807) is 0 Å². The monoisotopic (exact) mass is 933 g/mol. The molecule has 0 unspecified atom stereocenters. The van der Waals surface area contributed by atoms with Crippen LogP contribution in [0.25, 0.3) is 88.4 Å². The Morgan fingerprint density at radius 1 is 0.342 bits per heavy atom. The Balaban J connectivity index is 0.988. The van der Waals surface area contributed by atoms with Crippen molar-refractivity contribution in [3.63, 3.8) is 0 Å². The lowest BCUT2D eigenvalue weighted by Crippen LogP contribution is -2.28. The van der Waals surface area contributed by atoms with Crippen LogP contribution < -0.4 is 4.90 Å². The molecule has 0 saturated carbocycles. The Morgan fingerprint density at radius 3 is 1.67 bits per heavy atom. The first-order valence-electron chi connectivity index (χ1n) is 25.3. The third-order valence-electron chi connectivity index (χ3n) is 16.1. The van der Waals surface area contributed by atoms with Gasteiger partial charge < -0.3 is 13.7 Å². The first kappa shape index (κ1) is 41.6. The fourth-order valence-corrected chi connectivity index (χ4v) is 12.9. The first-order valence-corrected chi connectivity index (χ1v) is 25.3. The molecule has 0 bridgehead atoms. The van der Waals surface area contributed by atoms with Crippen LogP contribution in [0.1, 0.15) is 47.2 Å². The summed E-state index contributed by atoms with van der Waals surface area (Å²) in [5, 5.41) is 4.12. The number of hydrogen-bond acceptors (Lipinski definition) is 3. The maximum atomic E-state index is 7.27. The molecular formula is C70H47NO2. The fourth-order valence-electron chi connectivity index (χ4n) is 12.9. The van der Waals surface area contributed by atoms with Crippen LogP contribution in [-0.2, 0) is 10.8 Å². The number of rotatable bonds is 7. The van der Waals surface area contributed by atoms with Gasteiger partial charge in [0.15, 0.2) is 0 Å². The maximum absolute atomic E-state index is 7.27. The normalized spacial score (nSPS) is 13.8. The maximum Gasteiger partial charge on any atom is 0.144 e. The second kappa shape index (κ2) is 15.7. The first-order chi connectivity index (χ1) is 36.0. The summed E-state index contributed by atoms with van der Waals surface area (Å²) < 4.78 is 14.2. The predicted molar refractivity (Wildman–Crippen MR) is 301 cm³/mol. The predicted octanol–water partition coefficient (Wildman–Crippen LogP) is 19.0. The third kappa shape index (κ3) is 5.94. The van der Waals surface area contributed by atoms with Crippen molar-refractivity contribution in [1.82, 2.24) is 0 Å². The highest BCUT2D eigenvalue weighted by molar-refractivity contribution is 6.24. The molecule has 0 aliphatic heterocycles. The molecule has 2 aliphatic rings. The van der Waals surface area contributed by atoms with Crippen LogP contribution in [0.5, 0.6) is 0 Å². The van der Waals surface area contributed by atoms with E-state index in [1.807, 2.05) is 0 Å². The molecule has 0 amide bonds. The zero-order valence-electron chi connectivity index (χ0n) is 40.4. The summed E-state index contributed by atoms with van der Waals surface area (Å²) >= 11 is 0. The molecule has 3 nitrogen and oxygen atoms in total. The summed E-state index contributed by atoms with van der Waals surface area (Å²) in [4.78, 5) is 2.44. The smallest absolute Gasteiger partial charge is 0.144 e. The van der Waals surface area contributed by atoms with E-state index in [-0.39, 0.29) is 5.41 Å². The van der Waals surface area contributed by atoms with Crippen LogP contribution in [0.3, 0.4) is 0 Å². The van der Waals surface area contributed by atoms with Gasteiger partial charge >= 0.3 is 0 Å². The second-order valence-electron chi connectivity index (χ2n) is 20.3. The molecule has 0 radical (unpaired) electrons. The average Bonchev–Trinajstić information content (AvgIpc) is 4.16. The van der Waals surface area contributed by atoms with E-state index in [9.17, 15) is 0 Å². The van der Waals surface area contributed by atoms with E-state index in [4.69, 9.17) is 8.83 Å². The third-order valence-corrected chi connectivity index (χ3v) is 16.1. The van der Waals surface area contributed by atoms with Gasteiger partial charge in [-0.2, -0.15) is 0 Å². The summed E-state index contributed by atoms with van der Waals surface area (Å²) in [5.41, 5.74) is 22.9. The number of para-hydroxylation sites is 2. The topological polar surface area (TPSA) is 29.5 Å². The number of hydrogen-bond donors (Lipinski definition) is 0. The molecule has 3 heteroatoms. The van der Waals surface area contributed by atoms with Gasteiger partial charge in [0.1, 0.15) is 22.3 Å². The van der Waals surface area contributed by atoms with Gasteiger partial charge in [-0.1, -0.05) is 208 Å². The van der Waals surface area contributed by atoms with Crippen LogP contribution in [0, 0.1) is 0 Å². The molecule has 0 atom stereocenters. The van der Waals surface area contributed by atoms with Crippen molar-refractivity contribution in [3.05, 3.63) is 282 Å². The molecule has 0 spiro atoms. The Morgan fingerprint density at radius 2 is 0.904 bits per heavy atom. The molecule has 2 aliphatic carbocycles. The van der Waals surface area contributed by atoms with Gasteiger partial charge in [0.05, 0.1) is 11.1 Å². The van der Waals surface area contributed by atoms with E-state index < -0.39 is 5.41 Å². The largest absolute Gasteiger partial charge is 0.456 e. The zero-order valence-corrected chi connectivity index (χ0v) is 40.4. The quantitative estimate of drug-likeness (QED) is 0.159. The molecule has 13 aromatic rings. The van der Waals surface area contributed by atoms with Crippen LogP contribution in [0.4, 0.5) is 17.1 Å². The number of furan rings is 2. The van der Waals surface area contributed by atoms with E-state index in [0.717, 1.165) is 83.2 Å². The Hall–Kier alpha value is -9.18. The van der Waals surface area contributed by atoms with Crippen LogP contribution in [0.2, 0.25) is 0 Å². The lowest BCUT2D eigenvalue weighted by Gasteiger charge is -2.34. The minimum atomic E-state index is -0.562. The van der Waals surface area contributed by atoms with E-state index in [2.05, 4.69) is 267 Å². The van der Waals surface area contributed by atoms with Crippen LogP contribution in [-0.4, -0.2) is 0 Å². The molecule has 0 fully saturated rings. The average molecular weight is 934 g/mol. The van der Waals surface area contributed by atoms with Crippen LogP contribution >= 0.6 is 0 Å². The molecule has 0 saturated heterocycles. The lowest BCUT2D eigenvalue weighted by atomic mass is 9.67. The van der Waals surface area contributed by atoms with Gasteiger partial charge in [-0.05, 0) is 121 Å². The minimum absolute atomic E-state index is 0.173. The molecule has 15 rings (SSSR count). The van der Waals surface area contributed by atoms with Crippen molar-refractivity contribution >= 4 is 60.9 Å². The summed E-state index contributed by atoms with van der Waals surface area (Å²) in [6, 6.07) is 90.8. The highest BCUT2D eigenvalue weighted by Gasteiger charge is 2.46. The van der Waals surface area contributed by atoms with Gasteiger partial charge in [-0.15, -0.1) is 0 Å². The summed E-state index contributed by atoms with van der Waals surface area (Å²) in [5.74, 6) is 0. The second-order valence-corrected chi connectivity index (χ2v) is 20.3. The number of fused-ring (bicyclic) bond motifs is 12. The molecular weight excluding hydrogens is 887 g/mol. The van der Waals surface area contributed by atoms with Gasteiger partial charge in [0, 0.05) is 49.5 Å². The van der Waals surface area contributed by atoms with Crippen LogP contribution in [0.15, 0.2) is 258 Å². The highest BCUT2D eigenvalue weighted by Crippen LogP contribution is 2.58.